The largest absolute Gasteiger partial charge is 0.302 e. The first-order valence-corrected chi connectivity index (χ1v) is 5.36. The fourth-order valence-electron chi connectivity index (χ4n) is 1.77. The predicted molar refractivity (Wildman–Crippen MR) is 58.1 cm³/mol. The van der Waals surface area contributed by atoms with E-state index in [9.17, 15) is 4.79 Å². The number of alkyl halides is 1. The molecule has 0 heterocycles. The molecule has 0 aliphatic heterocycles. The minimum Gasteiger partial charge on any atom is -0.302 e. The van der Waals surface area contributed by atoms with Crippen molar-refractivity contribution in [3.05, 3.63) is 34.9 Å². The molecule has 0 N–H and O–H groups in total. The summed E-state index contributed by atoms with van der Waals surface area (Å²) >= 11 is 11.8. The van der Waals surface area contributed by atoms with Gasteiger partial charge in [0, 0.05) is 10.4 Å². The summed E-state index contributed by atoms with van der Waals surface area (Å²) in [5.74, 6) is 0. The second-order valence-electron chi connectivity index (χ2n) is 3.70. The number of benzene rings is 1. The monoisotopic (exact) mass is 228 g/mol. The summed E-state index contributed by atoms with van der Waals surface area (Å²) in [6, 6.07) is 7.58. The summed E-state index contributed by atoms with van der Waals surface area (Å²) in [5, 5.41) is 0.297. The van der Waals surface area contributed by atoms with Gasteiger partial charge in [0.25, 0.3) is 0 Å². The first-order chi connectivity index (χ1) is 6.69. The predicted octanol–water partition coefficient (Wildman–Crippen LogP) is 3.18. The molecule has 0 radical (unpaired) electrons. The molecule has 74 valence electrons. The minimum absolute atomic E-state index is 0.117. The average molecular weight is 229 g/mol. The topological polar surface area (TPSA) is 17.1 Å². The highest BCUT2D eigenvalue weighted by atomic mass is 35.5. The molecule has 1 atom stereocenters. The van der Waals surface area contributed by atoms with E-state index in [0.29, 0.717) is 5.02 Å². The fraction of sp³-hybridized carbons (Fsp3) is 0.364. The number of carbonyl (C=O) groups is 1. The molecule has 0 bridgehead atoms. The van der Waals surface area contributed by atoms with Gasteiger partial charge >= 0.3 is 0 Å². The molecular formula is C11H10Cl2O. The Morgan fingerprint density at radius 3 is 2.29 bits per heavy atom. The highest BCUT2D eigenvalue weighted by Gasteiger charge is 2.50. The van der Waals surface area contributed by atoms with Crippen LogP contribution in [0.4, 0.5) is 0 Å². The first-order valence-electron chi connectivity index (χ1n) is 4.54. The maximum Gasteiger partial charge on any atom is 0.138 e. The van der Waals surface area contributed by atoms with Crippen molar-refractivity contribution in [1.29, 1.82) is 0 Å². The molecule has 1 aliphatic rings. The molecule has 2 rings (SSSR count). The number of halogens is 2. The summed E-state index contributed by atoms with van der Waals surface area (Å²) in [5.41, 5.74) is 1.00. The van der Waals surface area contributed by atoms with E-state index in [-0.39, 0.29) is 5.41 Å². The van der Waals surface area contributed by atoms with Crippen molar-refractivity contribution in [1.82, 2.24) is 0 Å². The van der Waals surface area contributed by atoms with Crippen molar-refractivity contribution in [3.8, 4) is 0 Å². The molecule has 1 aliphatic carbocycles. The molecule has 3 heteroatoms. The number of hydrogen-bond donors (Lipinski definition) is 0. The van der Waals surface area contributed by atoms with Crippen LogP contribution in [0.25, 0.3) is 0 Å². The third-order valence-electron chi connectivity index (χ3n) is 2.86. The normalized spacial score (nSPS) is 20.1. The smallest absolute Gasteiger partial charge is 0.138 e. The molecule has 0 spiro atoms. The zero-order valence-electron chi connectivity index (χ0n) is 7.54. The van der Waals surface area contributed by atoms with Crippen LogP contribution in [0.3, 0.4) is 0 Å². The minimum atomic E-state index is -0.413. The SMILES string of the molecule is O=CC(Cl)C1(c2ccc(Cl)cc2)CC1. The molecule has 1 fully saturated rings. The Balaban J connectivity index is 2.30. The van der Waals surface area contributed by atoms with Crippen LogP contribution in [-0.2, 0) is 10.2 Å². The van der Waals surface area contributed by atoms with Crippen LogP contribution in [0.1, 0.15) is 18.4 Å². The number of rotatable bonds is 3. The summed E-state index contributed by atoms with van der Waals surface area (Å²) in [4.78, 5) is 10.7. The van der Waals surface area contributed by atoms with Gasteiger partial charge in [-0.25, -0.2) is 0 Å². The molecule has 1 unspecified atom stereocenters. The molecule has 1 nitrogen and oxygen atoms in total. The van der Waals surface area contributed by atoms with Crippen molar-refractivity contribution in [3.63, 3.8) is 0 Å². The second kappa shape index (κ2) is 3.56. The fourth-order valence-corrected chi connectivity index (χ4v) is 2.24. The van der Waals surface area contributed by atoms with E-state index in [2.05, 4.69) is 0 Å². The van der Waals surface area contributed by atoms with Gasteiger partial charge in [0.15, 0.2) is 0 Å². The Hall–Kier alpha value is -0.530. The van der Waals surface area contributed by atoms with Crippen molar-refractivity contribution >= 4 is 29.5 Å². The lowest BCUT2D eigenvalue weighted by Gasteiger charge is -2.17. The van der Waals surface area contributed by atoms with Crippen LogP contribution in [0, 0.1) is 0 Å². The lowest BCUT2D eigenvalue weighted by Crippen LogP contribution is -2.21. The molecule has 1 saturated carbocycles. The molecule has 14 heavy (non-hydrogen) atoms. The third-order valence-corrected chi connectivity index (χ3v) is 3.63. The summed E-state index contributed by atoms with van der Waals surface area (Å²) in [7, 11) is 0. The van der Waals surface area contributed by atoms with Crippen molar-refractivity contribution in [2.75, 3.05) is 0 Å². The Kier molecular flexibility index (Phi) is 2.54. The number of hydrogen-bond acceptors (Lipinski definition) is 1. The van der Waals surface area contributed by atoms with E-state index in [0.717, 1.165) is 24.7 Å². The zero-order valence-corrected chi connectivity index (χ0v) is 9.05. The van der Waals surface area contributed by atoms with E-state index in [1.54, 1.807) is 0 Å². The van der Waals surface area contributed by atoms with Crippen LogP contribution in [0.5, 0.6) is 0 Å². The Morgan fingerprint density at radius 2 is 1.86 bits per heavy atom. The quantitative estimate of drug-likeness (QED) is 0.574. The highest BCUT2D eigenvalue weighted by Crippen LogP contribution is 2.52. The highest BCUT2D eigenvalue weighted by molar-refractivity contribution is 6.30. The maximum atomic E-state index is 10.7. The Morgan fingerprint density at radius 1 is 1.29 bits per heavy atom. The van der Waals surface area contributed by atoms with E-state index in [1.165, 1.54) is 0 Å². The molecule has 1 aromatic rings. The average Bonchev–Trinajstić information content (AvgIpc) is 2.99. The summed E-state index contributed by atoms with van der Waals surface area (Å²) in [6.07, 6.45) is 2.80. The van der Waals surface area contributed by atoms with Gasteiger partial charge in [0.1, 0.15) is 6.29 Å². The third kappa shape index (κ3) is 1.55. The van der Waals surface area contributed by atoms with Crippen molar-refractivity contribution in [2.45, 2.75) is 23.6 Å². The van der Waals surface area contributed by atoms with Crippen molar-refractivity contribution < 1.29 is 4.79 Å². The lowest BCUT2D eigenvalue weighted by atomic mass is 9.93. The standard InChI is InChI=1S/C11H10Cl2O/c12-9-3-1-8(2-4-9)11(5-6-11)10(13)7-14/h1-4,7,10H,5-6H2. The van der Waals surface area contributed by atoms with Crippen LogP contribution < -0.4 is 0 Å². The van der Waals surface area contributed by atoms with Gasteiger partial charge in [-0.2, -0.15) is 0 Å². The molecular weight excluding hydrogens is 219 g/mol. The Bertz CT molecular complexity index is 341. The van der Waals surface area contributed by atoms with E-state index < -0.39 is 5.38 Å². The molecule has 1 aromatic carbocycles. The number of carbonyl (C=O) groups excluding carboxylic acids is 1. The van der Waals surface area contributed by atoms with Gasteiger partial charge in [-0.15, -0.1) is 11.6 Å². The first kappa shape index (κ1) is 10.0. The van der Waals surface area contributed by atoms with E-state index >= 15 is 0 Å². The molecule has 0 aromatic heterocycles. The Labute approximate surface area is 93.0 Å². The van der Waals surface area contributed by atoms with Crippen LogP contribution in [0.2, 0.25) is 5.02 Å². The number of aldehydes is 1. The van der Waals surface area contributed by atoms with Gasteiger partial charge in [0.2, 0.25) is 0 Å². The molecule has 0 saturated heterocycles. The van der Waals surface area contributed by atoms with Crippen LogP contribution in [0.15, 0.2) is 24.3 Å². The van der Waals surface area contributed by atoms with Crippen LogP contribution >= 0.6 is 23.2 Å². The van der Waals surface area contributed by atoms with Gasteiger partial charge < -0.3 is 4.79 Å². The second-order valence-corrected chi connectivity index (χ2v) is 4.61. The molecule has 0 amide bonds. The van der Waals surface area contributed by atoms with E-state index in [4.69, 9.17) is 23.2 Å². The van der Waals surface area contributed by atoms with E-state index in [1.807, 2.05) is 24.3 Å². The zero-order chi connectivity index (χ0) is 10.2. The van der Waals surface area contributed by atoms with Crippen LogP contribution in [-0.4, -0.2) is 11.7 Å². The van der Waals surface area contributed by atoms with Gasteiger partial charge in [-0.1, -0.05) is 23.7 Å². The van der Waals surface area contributed by atoms with Gasteiger partial charge in [0.05, 0.1) is 5.38 Å². The van der Waals surface area contributed by atoms with Gasteiger partial charge in [-0.05, 0) is 30.5 Å². The maximum absolute atomic E-state index is 10.7. The van der Waals surface area contributed by atoms with Gasteiger partial charge in [-0.3, -0.25) is 0 Å². The van der Waals surface area contributed by atoms with Crippen molar-refractivity contribution in [2.24, 2.45) is 0 Å². The lowest BCUT2D eigenvalue weighted by molar-refractivity contribution is -0.108. The summed E-state index contributed by atoms with van der Waals surface area (Å²) in [6.45, 7) is 0. The summed E-state index contributed by atoms with van der Waals surface area (Å²) < 4.78 is 0.